The quantitative estimate of drug-likeness (QED) is 0.792. The molecule has 2 rings (SSSR count). The molecule has 1 aromatic rings. The van der Waals surface area contributed by atoms with E-state index < -0.39 is 0 Å². The van der Waals surface area contributed by atoms with E-state index in [1.165, 1.54) is 0 Å². The summed E-state index contributed by atoms with van der Waals surface area (Å²) in [6, 6.07) is 3.58. The van der Waals surface area contributed by atoms with Gasteiger partial charge in [-0.15, -0.1) is 0 Å². The number of methoxy groups -OCH3 is 2. The Morgan fingerprint density at radius 3 is 2.72 bits per heavy atom. The standard InChI is InChI=1S/C13H15BrO3S/c1-16-10-4-3-9(13(17-2)11(10)14)12(15)8-5-6-18-7-8/h3-4,8H,5-7H2,1-2H3. The van der Waals surface area contributed by atoms with Gasteiger partial charge in [0.1, 0.15) is 16.0 Å². The van der Waals surface area contributed by atoms with Crippen molar-refractivity contribution in [1.82, 2.24) is 0 Å². The van der Waals surface area contributed by atoms with Gasteiger partial charge in [0.15, 0.2) is 5.78 Å². The van der Waals surface area contributed by atoms with Crippen LogP contribution in [0.25, 0.3) is 0 Å². The normalized spacial score (nSPS) is 18.7. The number of ketones is 1. The smallest absolute Gasteiger partial charge is 0.170 e. The lowest BCUT2D eigenvalue weighted by Crippen LogP contribution is -2.15. The van der Waals surface area contributed by atoms with Crippen molar-refractivity contribution >= 4 is 33.5 Å². The minimum Gasteiger partial charge on any atom is -0.495 e. The zero-order valence-electron chi connectivity index (χ0n) is 10.4. The molecule has 3 nitrogen and oxygen atoms in total. The fourth-order valence-corrected chi connectivity index (χ4v) is 3.94. The van der Waals surface area contributed by atoms with E-state index in [0.29, 0.717) is 21.5 Å². The highest BCUT2D eigenvalue weighted by molar-refractivity contribution is 9.10. The van der Waals surface area contributed by atoms with Crippen molar-refractivity contribution < 1.29 is 14.3 Å². The summed E-state index contributed by atoms with van der Waals surface area (Å²) < 4.78 is 11.2. The Labute approximate surface area is 119 Å². The van der Waals surface area contributed by atoms with Gasteiger partial charge in [0.2, 0.25) is 0 Å². The third-order valence-corrected chi connectivity index (χ3v) is 4.97. The van der Waals surface area contributed by atoms with Gasteiger partial charge in [-0.05, 0) is 40.2 Å². The number of halogens is 1. The van der Waals surface area contributed by atoms with Gasteiger partial charge in [-0.3, -0.25) is 4.79 Å². The summed E-state index contributed by atoms with van der Waals surface area (Å²) in [4.78, 5) is 12.4. The molecule has 0 amide bonds. The lowest BCUT2D eigenvalue weighted by atomic mass is 9.96. The maximum absolute atomic E-state index is 12.4. The van der Waals surface area contributed by atoms with Crippen molar-refractivity contribution in [1.29, 1.82) is 0 Å². The van der Waals surface area contributed by atoms with Crippen LogP contribution in [0.1, 0.15) is 16.8 Å². The van der Waals surface area contributed by atoms with E-state index in [0.717, 1.165) is 17.9 Å². The first kappa shape index (κ1) is 13.7. The predicted molar refractivity (Wildman–Crippen MR) is 77.0 cm³/mol. The van der Waals surface area contributed by atoms with E-state index in [4.69, 9.17) is 9.47 Å². The Bertz CT molecular complexity index is 456. The number of benzene rings is 1. The van der Waals surface area contributed by atoms with Crippen molar-refractivity contribution in [3.63, 3.8) is 0 Å². The lowest BCUT2D eigenvalue weighted by Gasteiger charge is -2.14. The average Bonchev–Trinajstić information content (AvgIpc) is 2.91. The van der Waals surface area contributed by atoms with E-state index in [-0.39, 0.29) is 11.7 Å². The van der Waals surface area contributed by atoms with Crippen molar-refractivity contribution in [2.45, 2.75) is 6.42 Å². The summed E-state index contributed by atoms with van der Waals surface area (Å²) >= 11 is 5.25. The first-order chi connectivity index (χ1) is 8.69. The van der Waals surface area contributed by atoms with Crippen LogP contribution >= 0.6 is 27.7 Å². The second kappa shape index (κ2) is 5.97. The number of ether oxygens (including phenoxy) is 2. The summed E-state index contributed by atoms with van der Waals surface area (Å²) in [5.74, 6) is 3.49. The van der Waals surface area contributed by atoms with Gasteiger partial charge in [-0.2, -0.15) is 11.8 Å². The Hall–Kier alpha value is -0.680. The molecule has 5 heteroatoms. The van der Waals surface area contributed by atoms with Crippen molar-refractivity contribution in [2.75, 3.05) is 25.7 Å². The number of thioether (sulfide) groups is 1. The molecule has 1 aliphatic heterocycles. The number of hydrogen-bond donors (Lipinski definition) is 0. The van der Waals surface area contributed by atoms with Crippen LogP contribution in [0.5, 0.6) is 11.5 Å². The topological polar surface area (TPSA) is 35.5 Å². The van der Waals surface area contributed by atoms with Crippen LogP contribution in [0.4, 0.5) is 0 Å². The molecular formula is C13H15BrO3S. The van der Waals surface area contributed by atoms with E-state index in [9.17, 15) is 4.79 Å². The molecule has 0 bridgehead atoms. The summed E-state index contributed by atoms with van der Waals surface area (Å²) in [6.45, 7) is 0. The Morgan fingerprint density at radius 2 is 2.17 bits per heavy atom. The number of rotatable bonds is 4. The average molecular weight is 331 g/mol. The van der Waals surface area contributed by atoms with Gasteiger partial charge in [0.05, 0.1) is 19.8 Å². The number of hydrogen-bond acceptors (Lipinski definition) is 4. The molecule has 0 saturated carbocycles. The fourth-order valence-electron chi connectivity index (χ4n) is 2.05. The van der Waals surface area contributed by atoms with Crippen molar-refractivity contribution in [3.8, 4) is 11.5 Å². The molecular weight excluding hydrogens is 316 g/mol. The number of carbonyl (C=O) groups excluding carboxylic acids is 1. The zero-order chi connectivity index (χ0) is 13.1. The van der Waals surface area contributed by atoms with Gasteiger partial charge in [-0.25, -0.2) is 0 Å². The highest BCUT2D eigenvalue weighted by atomic mass is 79.9. The van der Waals surface area contributed by atoms with Crippen LogP contribution in [0.2, 0.25) is 0 Å². The maximum Gasteiger partial charge on any atom is 0.170 e. The minimum absolute atomic E-state index is 0.115. The van der Waals surface area contributed by atoms with Crippen LogP contribution in [0.15, 0.2) is 16.6 Å². The Kier molecular flexibility index (Phi) is 4.56. The number of Topliss-reactive ketones (excluding diaryl/α,β-unsaturated/α-hetero) is 1. The lowest BCUT2D eigenvalue weighted by molar-refractivity contribution is 0.0930. The van der Waals surface area contributed by atoms with E-state index in [2.05, 4.69) is 15.9 Å². The first-order valence-electron chi connectivity index (χ1n) is 5.71. The third kappa shape index (κ3) is 2.52. The van der Waals surface area contributed by atoms with Gasteiger partial charge >= 0.3 is 0 Å². The molecule has 1 aliphatic rings. The molecule has 0 aliphatic carbocycles. The predicted octanol–water partition coefficient (Wildman–Crippen LogP) is 3.40. The molecule has 1 aromatic carbocycles. The summed E-state index contributed by atoms with van der Waals surface area (Å²) in [5, 5.41) is 0. The molecule has 1 atom stereocenters. The molecule has 1 heterocycles. The van der Waals surface area contributed by atoms with Gasteiger partial charge < -0.3 is 9.47 Å². The van der Waals surface area contributed by atoms with Crippen LogP contribution in [-0.4, -0.2) is 31.5 Å². The van der Waals surface area contributed by atoms with Gasteiger partial charge in [0.25, 0.3) is 0 Å². The molecule has 1 unspecified atom stereocenters. The van der Waals surface area contributed by atoms with Crippen LogP contribution in [0.3, 0.4) is 0 Å². The molecule has 98 valence electrons. The van der Waals surface area contributed by atoms with Crippen LogP contribution in [-0.2, 0) is 0 Å². The second-order valence-corrected chi connectivity index (χ2v) is 6.03. The van der Waals surface area contributed by atoms with E-state index >= 15 is 0 Å². The fraction of sp³-hybridized carbons (Fsp3) is 0.462. The summed E-state index contributed by atoms with van der Waals surface area (Å²) in [5.41, 5.74) is 0.637. The molecule has 0 N–H and O–H groups in total. The molecule has 1 saturated heterocycles. The van der Waals surface area contributed by atoms with Gasteiger partial charge in [-0.1, -0.05) is 0 Å². The molecule has 1 fully saturated rings. The maximum atomic E-state index is 12.4. The zero-order valence-corrected chi connectivity index (χ0v) is 12.8. The summed E-state index contributed by atoms with van der Waals surface area (Å²) in [7, 11) is 3.16. The Balaban J connectivity index is 2.37. The van der Waals surface area contributed by atoms with Crippen LogP contribution < -0.4 is 9.47 Å². The molecule has 0 radical (unpaired) electrons. The largest absolute Gasteiger partial charge is 0.495 e. The first-order valence-corrected chi connectivity index (χ1v) is 7.66. The summed E-state index contributed by atoms with van der Waals surface area (Å²) in [6.07, 6.45) is 0.955. The van der Waals surface area contributed by atoms with E-state index in [1.807, 2.05) is 11.8 Å². The molecule has 0 spiro atoms. The minimum atomic E-state index is 0.115. The Morgan fingerprint density at radius 1 is 1.39 bits per heavy atom. The van der Waals surface area contributed by atoms with Crippen molar-refractivity contribution in [2.24, 2.45) is 5.92 Å². The monoisotopic (exact) mass is 330 g/mol. The molecule has 18 heavy (non-hydrogen) atoms. The second-order valence-electron chi connectivity index (χ2n) is 4.09. The third-order valence-electron chi connectivity index (χ3n) is 3.05. The van der Waals surface area contributed by atoms with E-state index in [1.54, 1.807) is 26.4 Å². The molecule has 0 aromatic heterocycles. The van der Waals surface area contributed by atoms with Crippen molar-refractivity contribution in [3.05, 3.63) is 22.2 Å². The number of carbonyl (C=O) groups is 1. The SMILES string of the molecule is COc1ccc(C(=O)C2CCSC2)c(OC)c1Br. The highest BCUT2D eigenvalue weighted by Gasteiger charge is 2.28. The van der Waals surface area contributed by atoms with Gasteiger partial charge in [0, 0.05) is 11.7 Å². The van der Waals surface area contributed by atoms with Crippen LogP contribution in [0, 0.1) is 5.92 Å². The highest BCUT2D eigenvalue weighted by Crippen LogP contribution is 2.39.